The van der Waals surface area contributed by atoms with Gasteiger partial charge in [-0.3, -0.25) is 26.4 Å². The number of carbonyl (C=O) groups is 2. The number of ether oxygens (including phenoxy) is 13. The Hall–Kier alpha value is -13.5. The molecule has 5 aromatic carbocycles. The van der Waals surface area contributed by atoms with Gasteiger partial charge in [0.1, 0.15) is 71.3 Å². The normalized spacial score (nSPS) is 10.9. The van der Waals surface area contributed by atoms with Crippen LogP contribution in [0.25, 0.3) is 17.1 Å². The van der Waals surface area contributed by atoms with E-state index in [0.717, 1.165) is 27.6 Å². The van der Waals surface area contributed by atoms with Crippen molar-refractivity contribution in [2.45, 2.75) is 31.8 Å². The van der Waals surface area contributed by atoms with Crippen LogP contribution in [0.4, 0.5) is 71.5 Å². The first-order valence-electron chi connectivity index (χ1n) is 35.9. The molecular weight excluding hydrogens is 1960 g/mol. The van der Waals surface area contributed by atoms with Crippen molar-refractivity contribution in [2.24, 2.45) is 11.7 Å². The fourth-order valence-corrected chi connectivity index (χ4v) is 9.37. The van der Waals surface area contributed by atoms with Gasteiger partial charge >= 0.3 is 45.5 Å². The lowest BCUT2D eigenvalue weighted by Crippen LogP contribution is -2.18. The quantitative estimate of drug-likeness (QED) is 0.00339. The van der Waals surface area contributed by atoms with Gasteiger partial charge in [0, 0.05) is 94.7 Å². The Morgan fingerprint density at radius 3 is 1.25 bits per heavy atom. The van der Waals surface area contributed by atoms with E-state index in [1.807, 2.05) is 18.2 Å². The number of methoxy groups -OCH3 is 5. The highest BCUT2D eigenvalue weighted by Crippen LogP contribution is 2.31. The molecule has 1 radical (unpaired) electrons. The zero-order chi connectivity index (χ0) is 96.6. The molecule has 0 spiro atoms. The minimum Gasteiger partial charge on any atom is -0.537 e. The van der Waals surface area contributed by atoms with E-state index in [-0.39, 0.29) is 70.3 Å². The van der Waals surface area contributed by atoms with Crippen LogP contribution in [0.1, 0.15) is 17.0 Å². The Morgan fingerprint density at radius 2 is 0.916 bits per heavy atom. The second-order valence-electron chi connectivity index (χ2n) is 23.1. The average molecular weight is 2040 g/mol. The summed E-state index contributed by atoms with van der Waals surface area (Å²) in [6.07, 6.45) is -1.12. The Bertz CT molecular complexity index is 5240. The first kappa shape index (κ1) is 114. The molecule has 0 bridgehead atoms. The van der Waals surface area contributed by atoms with E-state index in [9.17, 15) is 80.2 Å². The van der Waals surface area contributed by atoms with Crippen LogP contribution in [0.5, 0.6) is 52.1 Å². The number of nitrogens with two attached hydrogens (primary N) is 2. The molecule has 0 unspecified atom stereocenters. The summed E-state index contributed by atoms with van der Waals surface area (Å²) in [6, 6.07) is 39.9. The van der Waals surface area contributed by atoms with E-state index in [0.29, 0.717) is 92.2 Å². The van der Waals surface area contributed by atoms with E-state index in [1.54, 1.807) is 107 Å². The molecule has 0 aliphatic carbocycles. The number of esters is 1. The van der Waals surface area contributed by atoms with E-state index in [4.69, 9.17) is 39.9 Å². The van der Waals surface area contributed by atoms with Crippen molar-refractivity contribution in [2.75, 3.05) is 98.6 Å². The number of nitrogens with one attached hydrogen (secondary N) is 2. The number of pyridine rings is 2. The third kappa shape index (κ3) is 50.7. The number of H-pyrrole nitrogens is 2. The van der Waals surface area contributed by atoms with Crippen molar-refractivity contribution in [1.82, 2.24) is 49.5 Å². The highest BCUT2D eigenvalue weighted by molar-refractivity contribution is 14.1. The number of hydrazine groups is 1. The summed E-state index contributed by atoms with van der Waals surface area (Å²) in [5, 5.41) is 26.6. The van der Waals surface area contributed by atoms with Gasteiger partial charge in [0.25, 0.3) is 5.56 Å². The lowest BCUT2D eigenvalue weighted by atomic mass is 10.3. The van der Waals surface area contributed by atoms with Gasteiger partial charge in [-0.2, -0.15) is 0 Å². The maximum atomic E-state index is 12.3. The molecule has 1 aliphatic rings. The van der Waals surface area contributed by atoms with Gasteiger partial charge in [-0.25, -0.2) is 28.8 Å². The lowest BCUT2D eigenvalue weighted by molar-refractivity contribution is -0.275. The van der Waals surface area contributed by atoms with Crippen LogP contribution in [-0.4, -0.2) is 205 Å². The van der Waals surface area contributed by atoms with Gasteiger partial charge in [-0.15, -0.1) is 94.0 Å². The standard InChI is InChI=1S/C20H16F3N3O3.C13H12F3IN2O3.C13H13F3N2O3.C11H8F3NO2.C7H5BF3O3.C7H5N.C4H4O2.C3H7BrO.C3H4N2O.H4N2.H2O/c1-27-12-13-28-19-15(5-6-16-4-2-3-11-24-16)14-26(25-19)17-7-9-18(10-8-17)29-20(21,22)23;1-20-6-7-21-12-11(17)8-19(18-12)9-2-4-10(5-3-9)22-13(14,15)16;1-19-8-9-20-12-6-7-18(17-12)10-2-4-11(5-3-10)21-13(14,15)16;12-11(13,14)17-10-3-1-8(2-4-10)15-6-5-9(16)7-15;9-7(10,11)13-5-1-3-6(4-2-5)14-8-12;1-2-7-5-3-4-6-8-7;1-3-4(5)6-2;1-5-3-2-4;6-3-1-2-4-5-3;1-2;/h2-4,7-11,14H,12-13H2,1H3;2-5,8H,6-7H2,1H3;2-7H,8-9H2,1H3;1-6H,7H2;1-4,12H;1,3-6H;1H,2H3;2-3H2,1H3;1-2H,(H2,4,5,6);1-2H2;1H2. The number of aromatic amines is 2. The number of terminal acetylenes is 2. The van der Waals surface area contributed by atoms with E-state index in [1.165, 1.54) is 142 Å². The molecular formula is C81H80BBrF15IN13O19. The Kier molecular flexibility index (Phi) is 53.0. The van der Waals surface area contributed by atoms with Crippen LogP contribution in [0.3, 0.4) is 0 Å². The number of nitrogens with zero attached hydrogens (tertiary/aromatic N) is 9. The molecule has 705 valence electrons. The van der Waals surface area contributed by atoms with Crippen molar-refractivity contribution in [1.29, 1.82) is 0 Å². The van der Waals surface area contributed by atoms with Gasteiger partial charge in [0.2, 0.25) is 17.6 Å². The van der Waals surface area contributed by atoms with Crippen LogP contribution >= 0.6 is 38.5 Å². The number of ketones is 1. The molecule has 6 aromatic heterocycles. The second kappa shape index (κ2) is 61.1. The summed E-state index contributed by atoms with van der Waals surface area (Å²) in [4.78, 5) is 40.3. The topological polar surface area (TPSA) is 398 Å². The SMILES string of the molecule is C#CC(=O)OC.C#Cc1ccccn1.COCCBr.COCCOc1ccn(-c2ccc(OC(F)(F)F)cc2)n1.COCCOc1nn(-c2ccc(OC(F)(F)F)cc2)cc1C#Cc1ccccn1.COCCOc1nn(-c2ccc(OC(F)(F)F)cc2)cc1I.NN.O.O=C1C=CN(c2ccc(OC(F)(F)F)cc2)C1.O=c1cc[nH][nH]1.O[B]Oc1ccc(OC(F)(F)F)cc1. The Balaban J connectivity index is 0.000000521. The first-order valence-corrected chi connectivity index (χ1v) is 38.1. The summed E-state index contributed by atoms with van der Waals surface area (Å²) in [5.41, 5.74) is 4.02. The predicted octanol–water partition coefficient (Wildman–Crippen LogP) is 13.3. The number of carbonyl (C=O) groups excluding carboxylic acids is 2. The smallest absolute Gasteiger partial charge is 0.537 e. The minimum atomic E-state index is -4.75. The Labute approximate surface area is 759 Å². The number of halogens is 17. The van der Waals surface area contributed by atoms with Crippen molar-refractivity contribution in [3.63, 3.8) is 0 Å². The van der Waals surface area contributed by atoms with Crippen molar-refractivity contribution in [3.05, 3.63) is 250 Å². The largest absolute Gasteiger partial charge is 0.573 e. The van der Waals surface area contributed by atoms with E-state index >= 15 is 0 Å². The number of hydrogen-bond donors (Lipinski definition) is 5. The third-order valence-electron chi connectivity index (χ3n) is 13.8. The van der Waals surface area contributed by atoms with E-state index < -0.39 is 37.8 Å². The van der Waals surface area contributed by atoms with Crippen LogP contribution in [0, 0.1) is 40.1 Å². The molecule has 1 aliphatic heterocycles. The maximum absolute atomic E-state index is 12.3. The van der Waals surface area contributed by atoms with Gasteiger partial charge in [0.05, 0.1) is 66.9 Å². The number of hydrogen-bond acceptors (Lipinski definition) is 26. The predicted molar refractivity (Wildman–Crippen MR) is 454 cm³/mol. The van der Waals surface area contributed by atoms with E-state index in [2.05, 4.69) is 148 Å². The highest BCUT2D eigenvalue weighted by Gasteiger charge is 2.34. The molecule has 7 heterocycles. The lowest BCUT2D eigenvalue weighted by Gasteiger charge is -2.15. The molecule has 0 atom stereocenters. The molecule has 0 saturated heterocycles. The number of aromatic nitrogens is 10. The number of benzene rings is 5. The van der Waals surface area contributed by atoms with Gasteiger partial charge in [-0.1, -0.05) is 39.9 Å². The zero-order valence-corrected chi connectivity index (χ0v) is 72.6. The summed E-state index contributed by atoms with van der Waals surface area (Å²) < 4.78 is 248. The number of anilines is 1. The fraction of sp³-hybridized carbons (Fsp3) is 0.235. The molecule has 9 N–H and O–H groups in total. The maximum Gasteiger partial charge on any atom is 0.573 e. The molecule has 50 heteroatoms. The van der Waals surface area contributed by atoms with Gasteiger partial charge in [-0.05, 0) is 180 Å². The van der Waals surface area contributed by atoms with Crippen LogP contribution in [0.2, 0.25) is 0 Å². The molecule has 12 rings (SSSR count). The van der Waals surface area contributed by atoms with Crippen molar-refractivity contribution in [3.8, 4) is 106 Å². The van der Waals surface area contributed by atoms with Crippen molar-refractivity contribution >= 4 is 63.6 Å². The van der Waals surface area contributed by atoms with Gasteiger partial charge < -0.3 is 86.7 Å². The zero-order valence-electron chi connectivity index (χ0n) is 68.9. The average Bonchev–Trinajstić information content (AvgIpc) is 1.70. The molecule has 0 fully saturated rings. The summed E-state index contributed by atoms with van der Waals surface area (Å²) in [7, 11) is 8.03. The second-order valence-corrected chi connectivity index (χ2v) is 25.0. The molecule has 0 saturated carbocycles. The van der Waals surface area contributed by atoms with Crippen molar-refractivity contribution < 1.29 is 152 Å². The van der Waals surface area contributed by atoms with Gasteiger partial charge in [0.15, 0.2) is 5.78 Å². The fourth-order valence-electron chi connectivity index (χ4n) is 8.52. The summed E-state index contributed by atoms with van der Waals surface area (Å²) >= 11 is 5.25. The Morgan fingerprint density at radius 1 is 0.511 bits per heavy atom. The first-order chi connectivity index (χ1) is 61.8. The molecule has 0 amide bonds. The summed E-state index contributed by atoms with van der Waals surface area (Å²) in [6.45, 7) is 3.25. The highest BCUT2D eigenvalue weighted by atomic mass is 127. The third-order valence-corrected chi connectivity index (χ3v) is 14.9. The number of alkyl halides is 16. The van der Waals surface area contributed by atoms with Crippen LogP contribution in [0.15, 0.2) is 224 Å². The number of rotatable bonds is 25. The van der Waals surface area contributed by atoms with Crippen LogP contribution in [-0.2, 0) is 33.3 Å². The summed E-state index contributed by atoms with van der Waals surface area (Å²) in [5.74, 6) is 17.2. The minimum absolute atomic E-state index is 0. The monoisotopic (exact) mass is 2040 g/mol. The molecule has 32 nitrogen and oxygen atoms in total. The molecule has 11 aromatic rings. The molecule has 131 heavy (non-hydrogen) atoms. The van der Waals surface area contributed by atoms with Crippen LogP contribution < -0.4 is 64.7 Å².